The van der Waals surface area contributed by atoms with Gasteiger partial charge in [0, 0.05) is 25.7 Å². The monoisotopic (exact) mass is 1470 g/mol. The number of carbonyl (C=O) groups excluding carboxylic acids is 4. The fourth-order valence-electron chi connectivity index (χ4n) is 12.6. The Morgan fingerprint density at radius 2 is 0.460 bits per heavy atom. The van der Waals surface area contributed by atoms with Crippen LogP contribution >= 0.6 is 15.6 Å². The van der Waals surface area contributed by atoms with Crippen LogP contribution in [0.4, 0.5) is 0 Å². The molecule has 0 fully saturated rings. The van der Waals surface area contributed by atoms with Crippen molar-refractivity contribution in [2.24, 2.45) is 5.92 Å². The van der Waals surface area contributed by atoms with Crippen molar-refractivity contribution in [2.45, 2.75) is 451 Å². The summed E-state index contributed by atoms with van der Waals surface area (Å²) >= 11 is 0. The van der Waals surface area contributed by atoms with E-state index >= 15 is 0 Å². The summed E-state index contributed by atoms with van der Waals surface area (Å²) < 4.78 is 68.7. The highest BCUT2D eigenvalue weighted by Gasteiger charge is 2.30. The molecule has 5 atom stereocenters. The highest BCUT2D eigenvalue weighted by Crippen LogP contribution is 2.45. The van der Waals surface area contributed by atoms with E-state index in [9.17, 15) is 43.2 Å². The van der Waals surface area contributed by atoms with E-state index in [-0.39, 0.29) is 25.7 Å². The molecular formula is C81H158O17P2. The van der Waals surface area contributed by atoms with E-state index in [1.807, 2.05) is 0 Å². The zero-order valence-corrected chi connectivity index (χ0v) is 67.1. The lowest BCUT2D eigenvalue weighted by atomic mass is 10.0. The molecule has 0 rings (SSSR count). The summed E-state index contributed by atoms with van der Waals surface area (Å²) in [5.41, 5.74) is 0. The van der Waals surface area contributed by atoms with Crippen molar-refractivity contribution in [1.29, 1.82) is 0 Å². The molecule has 0 heterocycles. The molecule has 17 nitrogen and oxygen atoms in total. The smallest absolute Gasteiger partial charge is 0.462 e. The number of esters is 4. The number of hydrogen-bond donors (Lipinski definition) is 3. The SMILES string of the molecule is CCCCCCCCCCCCCCCCCCCCCCCCC(=O)O[C@H](COC(=O)CCCCCCCCCCCCCCCCC)COP(=O)(O)OC[C@@H](O)COP(=O)(O)OC[C@@H](COC(=O)CCCCCCCCCCC(C)C)OC(=O)CCCCCCCCCCCCCC. The van der Waals surface area contributed by atoms with Crippen molar-refractivity contribution in [3.63, 3.8) is 0 Å². The van der Waals surface area contributed by atoms with E-state index in [4.69, 9.17) is 37.0 Å². The third kappa shape index (κ3) is 74.3. The Morgan fingerprint density at radius 1 is 0.270 bits per heavy atom. The second-order valence-corrected chi connectivity index (χ2v) is 32.5. The summed E-state index contributed by atoms with van der Waals surface area (Å²) in [6, 6.07) is 0. The van der Waals surface area contributed by atoms with Gasteiger partial charge in [0.2, 0.25) is 0 Å². The Balaban J connectivity index is 5.20. The Bertz CT molecular complexity index is 1910. The summed E-state index contributed by atoms with van der Waals surface area (Å²) in [4.78, 5) is 73.0. The largest absolute Gasteiger partial charge is 0.472 e. The van der Waals surface area contributed by atoms with Crippen molar-refractivity contribution in [2.75, 3.05) is 39.6 Å². The summed E-state index contributed by atoms with van der Waals surface area (Å²) in [7, 11) is -9.92. The summed E-state index contributed by atoms with van der Waals surface area (Å²) in [5, 5.41) is 10.6. The first kappa shape index (κ1) is 98.1. The first-order valence-electron chi connectivity index (χ1n) is 42.1. The Labute approximate surface area is 613 Å². The molecule has 0 bridgehead atoms. The van der Waals surface area contributed by atoms with Gasteiger partial charge < -0.3 is 33.8 Å². The van der Waals surface area contributed by atoms with Crippen LogP contribution in [0.3, 0.4) is 0 Å². The molecule has 594 valence electrons. The molecule has 19 heteroatoms. The molecule has 0 aliphatic rings. The van der Waals surface area contributed by atoms with Crippen LogP contribution in [0.2, 0.25) is 0 Å². The van der Waals surface area contributed by atoms with Crippen LogP contribution in [-0.2, 0) is 65.4 Å². The lowest BCUT2D eigenvalue weighted by Gasteiger charge is -2.21. The molecule has 100 heavy (non-hydrogen) atoms. The number of rotatable bonds is 81. The molecule has 0 saturated carbocycles. The Kier molecular flexibility index (Phi) is 72.5. The minimum Gasteiger partial charge on any atom is -0.462 e. The maximum Gasteiger partial charge on any atom is 0.472 e. The van der Waals surface area contributed by atoms with E-state index in [1.165, 1.54) is 257 Å². The predicted octanol–water partition coefficient (Wildman–Crippen LogP) is 24.4. The van der Waals surface area contributed by atoms with Gasteiger partial charge in [-0.25, -0.2) is 9.13 Å². The number of unbranched alkanes of at least 4 members (excludes halogenated alkanes) is 53. The molecule has 0 aliphatic carbocycles. The molecule has 0 saturated heterocycles. The molecule has 0 aliphatic heterocycles. The number of hydrogen-bond acceptors (Lipinski definition) is 15. The maximum absolute atomic E-state index is 13.1. The second-order valence-electron chi connectivity index (χ2n) is 29.6. The molecule has 3 N–H and O–H groups in total. The quantitative estimate of drug-likeness (QED) is 0.0222. The van der Waals surface area contributed by atoms with Gasteiger partial charge in [-0.05, 0) is 31.6 Å². The van der Waals surface area contributed by atoms with Gasteiger partial charge in [-0.2, -0.15) is 0 Å². The lowest BCUT2D eigenvalue weighted by molar-refractivity contribution is -0.161. The van der Waals surface area contributed by atoms with E-state index < -0.39 is 97.5 Å². The van der Waals surface area contributed by atoms with Crippen LogP contribution in [0, 0.1) is 5.92 Å². The van der Waals surface area contributed by atoms with Gasteiger partial charge >= 0.3 is 39.5 Å². The molecule has 0 spiro atoms. The minimum atomic E-state index is -4.96. The number of phosphoric ester groups is 2. The Hall–Kier alpha value is -1.94. The van der Waals surface area contributed by atoms with Gasteiger partial charge in [0.25, 0.3) is 0 Å². The second kappa shape index (κ2) is 73.9. The van der Waals surface area contributed by atoms with Crippen LogP contribution in [0.1, 0.15) is 433 Å². The summed E-state index contributed by atoms with van der Waals surface area (Å²) in [6.07, 6.45) is 65.3. The molecule has 0 amide bonds. The van der Waals surface area contributed by atoms with Crippen molar-refractivity contribution in [1.82, 2.24) is 0 Å². The fraction of sp³-hybridized carbons (Fsp3) is 0.951. The molecule has 0 aromatic carbocycles. The van der Waals surface area contributed by atoms with Crippen LogP contribution in [-0.4, -0.2) is 96.7 Å². The predicted molar refractivity (Wildman–Crippen MR) is 409 cm³/mol. The van der Waals surface area contributed by atoms with Crippen LogP contribution in [0.25, 0.3) is 0 Å². The van der Waals surface area contributed by atoms with Crippen molar-refractivity contribution < 1.29 is 80.2 Å². The minimum absolute atomic E-state index is 0.107. The number of phosphoric acid groups is 2. The highest BCUT2D eigenvalue weighted by molar-refractivity contribution is 7.47. The van der Waals surface area contributed by atoms with Gasteiger partial charge in [-0.3, -0.25) is 37.3 Å². The molecule has 0 aromatic rings. The molecular weight excluding hydrogens is 1310 g/mol. The van der Waals surface area contributed by atoms with Crippen LogP contribution < -0.4 is 0 Å². The van der Waals surface area contributed by atoms with Crippen molar-refractivity contribution in [3.05, 3.63) is 0 Å². The third-order valence-corrected chi connectivity index (χ3v) is 20.9. The van der Waals surface area contributed by atoms with E-state index in [0.29, 0.717) is 25.7 Å². The number of aliphatic hydroxyl groups is 1. The number of ether oxygens (including phenoxy) is 4. The standard InChI is InChI=1S/C81H158O17P2/c1-6-9-12-15-18-21-24-27-29-30-31-32-33-34-35-37-39-42-45-52-57-62-67-81(86)97-76(70-91-78(83)64-59-54-49-43-41-38-36-28-25-22-19-16-13-10-7-2)72-95-99(87,88)93-68-75(82)69-94-100(89,90)96-73-77(71-92-79(84)65-60-55-50-47-46-48-53-58-63-74(4)5)98-80(85)66-61-56-51-44-40-26-23-20-17-14-11-8-3/h74-77,82H,6-73H2,1-5H3,(H,87,88)(H,89,90)/t75-,76-,77-/m1/s1. The number of carbonyl (C=O) groups is 4. The van der Waals surface area contributed by atoms with Gasteiger partial charge in [0.15, 0.2) is 12.2 Å². The molecule has 0 radical (unpaired) electrons. The topological polar surface area (TPSA) is 237 Å². The van der Waals surface area contributed by atoms with Crippen LogP contribution in [0.15, 0.2) is 0 Å². The van der Waals surface area contributed by atoms with Gasteiger partial charge in [0.05, 0.1) is 26.4 Å². The molecule has 2 unspecified atom stereocenters. The maximum atomic E-state index is 13.1. The Morgan fingerprint density at radius 3 is 0.680 bits per heavy atom. The zero-order valence-electron chi connectivity index (χ0n) is 65.3. The third-order valence-electron chi connectivity index (χ3n) is 19.0. The average molecular weight is 1470 g/mol. The normalized spacial score (nSPS) is 13.8. The van der Waals surface area contributed by atoms with Crippen molar-refractivity contribution in [3.8, 4) is 0 Å². The summed E-state index contributed by atoms with van der Waals surface area (Å²) in [6.45, 7) is 7.29. The first-order chi connectivity index (χ1) is 48.5. The van der Waals surface area contributed by atoms with Crippen LogP contribution in [0.5, 0.6) is 0 Å². The fourth-order valence-corrected chi connectivity index (χ4v) is 14.2. The number of aliphatic hydroxyl groups excluding tert-OH is 1. The van der Waals surface area contributed by atoms with E-state index in [0.717, 1.165) is 95.8 Å². The average Bonchev–Trinajstić information content (AvgIpc) is 1.08. The first-order valence-corrected chi connectivity index (χ1v) is 45.1. The van der Waals surface area contributed by atoms with Gasteiger partial charge in [0.1, 0.15) is 19.3 Å². The lowest BCUT2D eigenvalue weighted by Crippen LogP contribution is -2.30. The van der Waals surface area contributed by atoms with Gasteiger partial charge in [-0.1, -0.05) is 381 Å². The van der Waals surface area contributed by atoms with E-state index in [1.54, 1.807) is 0 Å². The van der Waals surface area contributed by atoms with Gasteiger partial charge in [-0.15, -0.1) is 0 Å². The van der Waals surface area contributed by atoms with E-state index in [2.05, 4.69) is 34.6 Å². The van der Waals surface area contributed by atoms with Crippen molar-refractivity contribution >= 4 is 39.5 Å². The summed E-state index contributed by atoms with van der Waals surface area (Å²) in [5.74, 6) is -1.38. The highest BCUT2D eigenvalue weighted by atomic mass is 31.2. The molecule has 0 aromatic heterocycles. The zero-order chi connectivity index (χ0) is 73.4.